The van der Waals surface area contributed by atoms with E-state index < -0.39 is 0 Å². The molecule has 0 aromatic heterocycles. The summed E-state index contributed by atoms with van der Waals surface area (Å²) >= 11 is 11.9. The monoisotopic (exact) mass is 308 g/mol. The van der Waals surface area contributed by atoms with E-state index in [0.717, 1.165) is 26.2 Å². The molecular formula is C13H19Cl3N2. The molecule has 5 heteroatoms. The summed E-state index contributed by atoms with van der Waals surface area (Å²) in [5.74, 6) is 0. The van der Waals surface area contributed by atoms with Gasteiger partial charge in [-0.25, -0.2) is 0 Å². The summed E-state index contributed by atoms with van der Waals surface area (Å²) in [7, 11) is 0. The van der Waals surface area contributed by atoms with Crippen LogP contribution in [0.1, 0.15) is 18.9 Å². The molecule has 2 rings (SSSR count). The van der Waals surface area contributed by atoms with Crippen LogP contribution in [0.25, 0.3) is 0 Å². The smallest absolute Gasteiger partial charge is 0.0595 e. The van der Waals surface area contributed by atoms with Crippen LogP contribution in [0.5, 0.6) is 0 Å². The first-order chi connectivity index (χ1) is 8.02. The minimum atomic E-state index is 0. The molecule has 1 aromatic rings. The van der Waals surface area contributed by atoms with E-state index in [-0.39, 0.29) is 17.8 Å². The summed E-state index contributed by atoms with van der Waals surface area (Å²) in [5.41, 5.74) is 7.29. The number of hydrogen-bond acceptors (Lipinski definition) is 2. The van der Waals surface area contributed by atoms with Crippen molar-refractivity contribution < 1.29 is 0 Å². The second kappa shape index (κ2) is 6.44. The van der Waals surface area contributed by atoms with Gasteiger partial charge in [-0.2, -0.15) is 0 Å². The van der Waals surface area contributed by atoms with Gasteiger partial charge in [-0.1, -0.05) is 36.2 Å². The summed E-state index contributed by atoms with van der Waals surface area (Å²) < 4.78 is 0. The first-order valence-electron chi connectivity index (χ1n) is 5.89. The highest BCUT2D eigenvalue weighted by Gasteiger charge is 2.32. The number of rotatable bonds is 3. The molecule has 1 unspecified atom stereocenters. The fraction of sp³-hybridized carbons (Fsp3) is 0.538. The van der Waals surface area contributed by atoms with E-state index in [1.54, 1.807) is 0 Å². The summed E-state index contributed by atoms with van der Waals surface area (Å²) in [6.07, 6.45) is 1.17. The van der Waals surface area contributed by atoms with E-state index in [0.29, 0.717) is 10.0 Å². The van der Waals surface area contributed by atoms with Crippen molar-refractivity contribution in [3.05, 3.63) is 33.8 Å². The molecule has 18 heavy (non-hydrogen) atoms. The van der Waals surface area contributed by atoms with Crippen LogP contribution in [-0.2, 0) is 6.54 Å². The molecule has 1 saturated heterocycles. The molecule has 0 bridgehead atoms. The van der Waals surface area contributed by atoms with Crippen molar-refractivity contribution >= 4 is 35.6 Å². The molecule has 0 spiro atoms. The molecule has 2 nitrogen and oxygen atoms in total. The maximum absolute atomic E-state index is 6.01. The largest absolute Gasteiger partial charge is 0.330 e. The fourth-order valence-electron chi connectivity index (χ4n) is 2.32. The molecule has 1 aliphatic heterocycles. The topological polar surface area (TPSA) is 29.3 Å². The van der Waals surface area contributed by atoms with Crippen LogP contribution in [0.3, 0.4) is 0 Å². The van der Waals surface area contributed by atoms with Crippen LogP contribution in [0.2, 0.25) is 10.0 Å². The predicted octanol–water partition coefficient (Wildman–Crippen LogP) is 3.59. The Hall–Kier alpha value is 0.01000. The third kappa shape index (κ3) is 3.75. The number of likely N-dealkylation sites (tertiary alicyclic amines) is 1. The Labute approximate surface area is 125 Å². The molecule has 0 radical (unpaired) electrons. The molecule has 0 saturated carbocycles. The lowest BCUT2D eigenvalue weighted by molar-refractivity contribution is 0.274. The summed E-state index contributed by atoms with van der Waals surface area (Å²) in [6, 6.07) is 5.84. The molecular weight excluding hydrogens is 291 g/mol. The Kier molecular flexibility index (Phi) is 5.75. The van der Waals surface area contributed by atoms with E-state index in [4.69, 9.17) is 28.9 Å². The van der Waals surface area contributed by atoms with Gasteiger partial charge >= 0.3 is 0 Å². The van der Waals surface area contributed by atoms with Crippen molar-refractivity contribution in [3.8, 4) is 0 Å². The van der Waals surface area contributed by atoms with Crippen molar-refractivity contribution in [3.63, 3.8) is 0 Å². The second-order valence-corrected chi connectivity index (χ2v) is 6.04. The van der Waals surface area contributed by atoms with E-state index in [9.17, 15) is 0 Å². The fourth-order valence-corrected chi connectivity index (χ4v) is 2.64. The van der Waals surface area contributed by atoms with Gasteiger partial charge < -0.3 is 5.73 Å². The minimum Gasteiger partial charge on any atom is -0.330 e. The second-order valence-electron chi connectivity index (χ2n) is 5.22. The zero-order valence-corrected chi connectivity index (χ0v) is 12.8. The quantitative estimate of drug-likeness (QED) is 0.924. The van der Waals surface area contributed by atoms with Gasteiger partial charge in [0.2, 0.25) is 0 Å². The van der Waals surface area contributed by atoms with Crippen LogP contribution in [0.15, 0.2) is 18.2 Å². The zero-order valence-electron chi connectivity index (χ0n) is 10.5. The van der Waals surface area contributed by atoms with Gasteiger partial charge in [-0.05, 0) is 42.6 Å². The molecule has 2 N–H and O–H groups in total. The molecule has 1 heterocycles. The Morgan fingerprint density at radius 2 is 2.06 bits per heavy atom. The minimum absolute atomic E-state index is 0. The highest BCUT2D eigenvalue weighted by molar-refractivity contribution is 6.42. The van der Waals surface area contributed by atoms with Crippen molar-refractivity contribution in [1.29, 1.82) is 0 Å². The van der Waals surface area contributed by atoms with Crippen molar-refractivity contribution in [2.24, 2.45) is 11.1 Å². The van der Waals surface area contributed by atoms with Gasteiger partial charge in [-0.15, -0.1) is 12.4 Å². The normalized spacial score (nSPS) is 24.0. The predicted molar refractivity (Wildman–Crippen MR) is 80.8 cm³/mol. The standard InChI is InChI=1S/C13H18Cl2N2.ClH/c1-13(8-16)4-5-17(9-13)7-10-2-3-11(14)12(15)6-10;/h2-3,6H,4-5,7-9,16H2,1H3;1H. The van der Waals surface area contributed by atoms with Crippen molar-refractivity contribution in [2.45, 2.75) is 19.9 Å². The molecule has 1 aliphatic rings. The maximum Gasteiger partial charge on any atom is 0.0595 e. The Morgan fingerprint density at radius 3 is 2.61 bits per heavy atom. The van der Waals surface area contributed by atoms with E-state index in [2.05, 4.69) is 11.8 Å². The summed E-state index contributed by atoms with van der Waals surface area (Å²) in [4.78, 5) is 2.42. The average Bonchev–Trinajstić information content (AvgIpc) is 2.67. The van der Waals surface area contributed by atoms with Crippen LogP contribution in [0, 0.1) is 5.41 Å². The van der Waals surface area contributed by atoms with Crippen LogP contribution in [0.4, 0.5) is 0 Å². The molecule has 1 atom stereocenters. The Morgan fingerprint density at radius 1 is 1.33 bits per heavy atom. The van der Waals surface area contributed by atoms with Gasteiger partial charge in [0, 0.05) is 13.1 Å². The van der Waals surface area contributed by atoms with Gasteiger partial charge in [0.25, 0.3) is 0 Å². The summed E-state index contributed by atoms with van der Waals surface area (Å²) in [5, 5.41) is 1.24. The lowest BCUT2D eigenvalue weighted by atomic mass is 9.90. The molecule has 0 amide bonds. The average molecular weight is 310 g/mol. The number of nitrogens with two attached hydrogens (primary N) is 1. The molecule has 1 aromatic carbocycles. The van der Waals surface area contributed by atoms with E-state index in [1.807, 2.05) is 18.2 Å². The number of hydrogen-bond donors (Lipinski definition) is 1. The number of benzene rings is 1. The first kappa shape index (κ1) is 16.1. The van der Waals surface area contributed by atoms with Crippen molar-refractivity contribution in [1.82, 2.24) is 4.90 Å². The van der Waals surface area contributed by atoms with Gasteiger partial charge in [0.05, 0.1) is 10.0 Å². The maximum atomic E-state index is 6.01. The molecule has 0 aliphatic carbocycles. The Bertz CT molecular complexity index is 411. The van der Waals surface area contributed by atoms with Crippen LogP contribution >= 0.6 is 35.6 Å². The third-order valence-corrected chi connectivity index (χ3v) is 4.26. The van der Waals surface area contributed by atoms with Crippen LogP contribution in [-0.4, -0.2) is 24.5 Å². The van der Waals surface area contributed by atoms with E-state index >= 15 is 0 Å². The van der Waals surface area contributed by atoms with Gasteiger partial charge in [0.1, 0.15) is 0 Å². The first-order valence-corrected chi connectivity index (χ1v) is 6.64. The zero-order chi connectivity index (χ0) is 12.5. The lowest BCUT2D eigenvalue weighted by Gasteiger charge is -2.22. The van der Waals surface area contributed by atoms with Crippen molar-refractivity contribution in [2.75, 3.05) is 19.6 Å². The number of nitrogens with zero attached hydrogens (tertiary/aromatic N) is 1. The Balaban J connectivity index is 0.00000162. The molecule has 1 fully saturated rings. The van der Waals surface area contributed by atoms with Gasteiger partial charge in [0.15, 0.2) is 0 Å². The summed E-state index contributed by atoms with van der Waals surface area (Å²) in [6.45, 7) is 6.09. The third-order valence-electron chi connectivity index (χ3n) is 3.52. The van der Waals surface area contributed by atoms with Gasteiger partial charge in [-0.3, -0.25) is 4.90 Å². The van der Waals surface area contributed by atoms with E-state index in [1.165, 1.54) is 12.0 Å². The molecule has 102 valence electrons. The lowest BCUT2D eigenvalue weighted by Crippen LogP contribution is -2.31. The SMILES string of the molecule is CC1(CN)CCN(Cc2ccc(Cl)c(Cl)c2)C1.Cl. The number of halogens is 3. The van der Waals surface area contributed by atoms with Crippen LogP contribution < -0.4 is 5.73 Å². The highest BCUT2D eigenvalue weighted by atomic mass is 35.5. The highest BCUT2D eigenvalue weighted by Crippen LogP contribution is 2.30.